The van der Waals surface area contributed by atoms with Gasteiger partial charge in [-0.2, -0.15) is 5.10 Å². The molecular formula is C11H18N4O. The SMILES string of the molecule is CC(C)(N)CNC(=O)c1n[nH]c2c1CCC2. The number of aromatic nitrogens is 2. The summed E-state index contributed by atoms with van der Waals surface area (Å²) >= 11 is 0. The van der Waals surface area contributed by atoms with Gasteiger partial charge in [0.1, 0.15) is 0 Å². The molecule has 1 aliphatic rings. The number of carbonyl (C=O) groups is 1. The molecule has 5 nitrogen and oxygen atoms in total. The standard InChI is InChI=1S/C11H18N4O/c1-11(2,12)6-13-10(16)9-7-4-3-5-8(7)14-15-9/h3-6,12H2,1-2H3,(H,13,16)(H,14,15). The topological polar surface area (TPSA) is 83.8 Å². The van der Waals surface area contributed by atoms with Gasteiger partial charge in [-0.3, -0.25) is 9.89 Å². The van der Waals surface area contributed by atoms with Crippen molar-refractivity contribution < 1.29 is 4.79 Å². The van der Waals surface area contributed by atoms with Crippen molar-refractivity contribution in [2.45, 2.75) is 38.6 Å². The molecule has 0 spiro atoms. The maximum atomic E-state index is 11.9. The Bertz CT molecular complexity index is 403. The fraction of sp³-hybridized carbons (Fsp3) is 0.636. The van der Waals surface area contributed by atoms with E-state index in [0.717, 1.165) is 30.5 Å². The van der Waals surface area contributed by atoms with E-state index >= 15 is 0 Å². The van der Waals surface area contributed by atoms with E-state index in [1.807, 2.05) is 13.8 Å². The molecule has 0 aliphatic heterocycles. The molecule has 5 heteroatoms. The summed E-state index contributed by atoms with van der Waals surface area (Å²) < 4.78 is 0. The minimum absolute atomic E-state index is 0.127. The Morgan fingerprint density at radius 3 is 3.00 bits per heavy atom. The number of aromatic amines is 1. The molecule has 4 N–H and O–H groups in total. The van der Waals surface area contributed by atoms with Crippen molar-refractivity contribution in [3.05, 3.63) is 17.0 Å². The third-order valence-corrected chi connectivity index (χ3v) is 2.73. The number of carbonyl (C=O) groups excluding carboxylic acids is 1. The lowest BCUT2D eigenvalue weighted by Crippen LogP contribution is -2.45. The molecule has 0 bridgehead atoms. The Morgan fingerprint density at radius 1 is 1.56 bits per heavy atom. The van der Waals surface area contributed by atoms with Crippen molar-refractivity contribution in [3.8, 4) is 0 Å². The fourth-order valence-corrected chi connectivity index (χ4v) is 1.90. The van der Waals surface area contributed by atoms with E-state index in [4.69, 9.17) is 5.73 Å². The highest BCUT2D eigenvalue weighted by Gasteiger charge is 2.23. The van der Waals surface area contributed by atoms with Crippen LogP contribution in [0.5, 0.6) is 0 Å². The normalized spacial score (nSPS) is 14.9. The Kier molecular flexibility index (Phi) is 2.71. The summed E-state index contributed by atoms with van der Waals surface area (Å²) in [4.78, 5) is 11.9. The molecule has 88 valence electrons. The summed E-state index contributed by atoms with van der Waals surface area (Å²) in [7, 11) is 0. The first-order valence-electron chi connectivity index (χ1n) is 5.60. The van der Waals surface area contributed by atoms with E-state index in [1.165, 1.54) is 0 Å². The summed E-state index contributed by atoms with van der Waals surface area (Å²) in [5, 5.41) is 9.79. The van der Waals surface area contributed by atoms with E-state index in [1.54, 1.807) is 0 Å². The van der Waals surface area contributed by atoms with Crippen molar-refractivity contribution >= 4 is 5.91 Å². The second kappa shape index (κ2) is 3.90. The predicted molar refractivity (Wildman–Crippen MR) is 61.2 cm³/mol. The second-order valence-electron chi connectivity index (χ2n) is 5.05. The van der Waals surface area contributed by atoms with Crippen LogP contribution >= 0.6 is 0 Å². The molecule has 0 atom stereocenters. The van der Waals surface area contributed by atoms with Crippen LogP contribution in [-0.4, -0.2) is 28.2 Å². The molecule has 0 fully saturated rings. The molecule has 2 rings (SSSR count). The van der Waals surface area contributed by atoms with Gasteiger partial charge < -0.3 is 11.1 Å². The average Bonchev–Trinajstić information content (AvgIpc) is 2.73. The van der Waals surface area contributed by atoms with Gasteiger partial charge in [0, 0.05) is 23.3 Å². The van der Waals surface area contributed by atoms with Crippen LogP contribution < -0.4 is 11.1 Å². The number of amides is 1. The van der Waals surface area contributed by atoms with Crippen LogP contribution in [0.1, 0.15) is 42.0 Å². The molecule has 1 aliphatic carbocycles. The predicted octanol–water partition coefficient (Wildman–Crippen LogP) is 0.365. The summed E-state index contributed by atoms with van der Waals surface area (Å²) in [6.07, 6.45) is 3.05. The lowest BCUT2D eigenvalue weighted by Gasteiger charge is -2.18. The van der Waals surface area contributed by atoms with Crippen LogP contribution in [0.15, 0.2) is 0 Å². The third-order valence-electron chi connectivity index (χ3n) is 2.73. The summed E-state index contributed by atoms with van der Waals surface area (Å²) in [5.74, 6) is -0.127. The number of nitrogens with one attached hydrogen (secondary N) is 2. The van der Waals surface area contributed by atoms with Crippen molar-refractivity contribution in [1.29, 1.82) is 0 Å². The first-order valence-corrected chi connectivity index (χ1v) is 5.60. The summed E-state index contributed by atoms with van der Waals surface area (Å²) in [6.45, 7) is 4.21. The van der Waals surface area contributed by atoms with Gasteiger partial charge in [-0.25, -0.2) is 0 Å². The number of nitrogens with two attached hydrogens (primary N) is 1. The molecule has 1 aromatic rings. The minimum atomic E-state index is -0.394. The molecule has 0 unspecified atom stereocenters. The molecule has 1 aromatic heterocycles. The number of hydrogen-bond acceptors (Lipinski definition) is 3. The number of H-pyrrole nitrogens is 1. The third kappa shape index (κ3) is 2.24. The Balaban J connectivity index is 2.04. The molecule has 0 saturated heterocycles. The van der Waals surface area contributed by atoms with Crippen LogP contribution in [0.3, 0.4) is 0 Å². The molecule has 16 heavy (non-hydrogen) atoms. The number of aryl methyl sites for hydroxylation is 1. The lowest BCUT2D eigenvalue weighted by molar-refractivity contribution is 0.0940. The van der Waals surface area contributed by atoms with Crippen LogP contribution in [0.2, 0.25) is 0 Å². The van der Waals surface area contributed by atoms with E-state index < -0.39 is 5.54 Å². The first kappa shape index (κ1) is 11.1. The highest BCUT2D eigenvalue weighted by atomic mass is 16.1. The van der Waals surface area contributed by atoms with Crippen LogP contribution in [-0.2, 0) is 12.8 Å². The average molecular weight is 222 g/mol. The fourth-order valence-electron chi connectivity index (χ4n) is 1.90. The second-order valence-corrected chi connectivity index (χ2v) is 5.05. The van der Waals surface area contributed by atoms with Gasteiger partial charge in [0.05, 0.1) is 0 Å². The van der Waals surface area contributed by atoms with Crippen molar-refractivity contribution in [2.75, 3.05) is 6.54 Å². The van der Waals surface area contributed by atoms with Gasteiger partial charge >= 0.3 is 0 Å². The molecule has 0 saturated carbocycles. The maximum absolute atomic E-state index is 11.9. The van der Waals surface area contributed by atoms with E-state index in [9.17, 15) is 4.79 Å². The van der Waals surface area contributed by atoms with Crippen LogP contribution in [0.4, 0.5) is 0 Å². The monoisotopic (exact) mass is 222 g/mol. The zero-order chi connectivity index (χ0) is 11.8. The Morgan fingerprint density at radius 2 is 2.31 bits per heavy atom. The molecule has 1 amide bonds. The Labute approximate surface area is 94.8 Å². The molecule has 0 aromatic carbocycles. The number of nitrogens with zero attached hydrogens (tertiary/aromatic N) is 1. The smallest absolute Gasteiger partial charge is 0.272 e. The van der Waals surface area contributed by atoms with E-state index in [2.05, 4.69) is 15.5 Å². The van der Waals surface area contributed by atoms with Crippen molar-refractivity contribution in [1.82, 2.24) is 15.5 Å². The maximum Gasteiger partial charge on any atom is 0.272 e. The highest BCUT2D eigenvalue weighted by molar-refractivity contribution is 5.94. The zero-order valence-electron chi connectivity index (χ0n) is 9.76. The van der Waals surface area contributed by atoms with Crippen LogP contribution in [0, 0.1) is 0 Å². The van der Waals surface area contributed by atoms with Gasteiger partial charge in [0.15, 0.2) is 5.69 Å². The van der Waals surface area contributed by atoms with Crippen LogP contribution in [0.25, 0.3) is 0 Å². The van der Waals surface area contributed by atoms with Gasteiger partial charge in [-0.05, 0) is 33.1 Å². The van der Waals surface area contributed by atoms with Gasteiger partial charge in [-0.15, -0.1) is 0 Å². The number of rotatable bonds is 3. The van der Waals surface area contributed by atoms with Gasteiger partial charge in [-0.1, -0.05) is 0 Å². The minimum Gasteiger partial charge on any atom is -0.349 e. The van der Waals surface area contributed by atoms with Gasteiger partial charge in [0.2, 0.25) is 0 Å². The highest BCUT2D eigenvalue weighted by Crippen LogP contribution is 2.22. The summed E-state index contributed by atoms with van der Waals surface area (Å²) in [6, 6.07) is 0. The van der Waals surface area contributed by atoms with Gasteiger partial charge in [0.25, 0.3) is 5.91 Å². The molecular weight excluding hydrogens is 204 g/mol. The first-order chi connectivity index (χ1) is 7.47. The number of hydrogen-bond donors (Lipinski definition) is 3. The summed E-state index contributed by atoms with van der Waals surface area (Å²) in [5.41, 5.74) is 8.14. The van der Waals surface area contributed by atoms with E-state index in [0.29, 0.717) is 12.2 Å². The molecule has 0 radical (unpaired) electrons. The zero-order valence-corrected chi connectivity index (χ0v) is 9.76. The van der Waals surface area contributed by atoms with E-state index in [-0.39, 0.29) is 5.91 Å². The molecule has 1 heterocycles. The van der Waals surface area contributed by atoms with Crippen molar-refractivity contribution in [3.63, 3.8) is 0 Å². The lowest BCUT2D eigenvalue weighted by atomic mass is 10.1. The number of fused-ring (bicyclic) bond motifs is 1. The van der Waals surface area contributed by atoms with Crippen molar-refractivity contribution in [2.24, 2.45) is 5.73 Å². The Hall–Kier alpha value is -1.36. The largest absolute Gasteiger partial charge is 0.349 e. The quantitative estimate of drug-likeness (QED) is 0.690.